The van der Waals surface area contributed by atoms with E-state index in [2.05, 4.69) is 0 Å². The molecular formula is C4F10O. The summed E-state index contributed by atoms with van der Waals surface area (Å²) in [5, 5.41) is 0. The molecule has 92 valence electrons. The largest absolute Gasteiger partial charge is 0.440 e. The van der Waals surface area contributed by atoms with Gasteiger partial charge in [-0.05, 0) is 4.53 Å². The Morgan fingerprint density at radius 2 is 0.867 bits per heavy atom. The zero-order valence-electron chi connectivity index (χ0n) is 6.19. The molecule has 11 heteroatoms. The van der Waals surface area contributed by atoms with E-state index in [1.165, 1.54) is 0 Å². The Bertz CT molecular complexity index is 211. The average Bonchev–Trinajstić information content (AvgIpc) is 1.98. The van der Waals surface area contributed by atoms with Crippen LogP contribution in [0.3, 0.4) is 0 Å². The summed E-state index contributed by atoms with van der Waals surface area (Å²) in [5.74, 6) is 0. The van der Waals surface area contributed by atoms with Crippen LogP contribution in [0.1, 0.15) is 0 Å². The molecule has 0 saturated carbocycles. The van der Waals surface area contributed by atoms with Gasteiger partial charge in [-0.15, -0.1) is 4.94 Å². The highest BCUT2D eigenvalue weighted by molar-refractivity contribution is 5.00. The van der Waals surface area contributed by atoms with Gasteiger partial charge in [0.25, 0.3) is 0 Å². The number of rotatable bonds is 2. The van der Waals surface area contributed by atoms with Gasteiger partial charge in [0.2, 0.25) is 0 Å². The van der Waals surface area contributed by atoms with Crippen molar-refractivity contribution in [3.8, 4) is 0 Å². The van der Waals surface area contributed by atoms with E-state index in [1.54, 1.807) is 0 Å². The van der Waals surface area contributed by atoms with E-state index in [0.29, 0.717) is 0 Å². The minimum Gasteiger partial charge on any atom is -0.213 e. The van der Waals surface area contributed by atoms with Crippen molar-refractivity contribution < 1.29 is 49.0 Å². The Morgan fingerprint density at radius 1 is 0.600 bits per heavy atom. The summed E-state index contributed by atoms with van der Waals surface area (Å²) in [5.41, 5.74) is -7.11. The average molecular weight is 254 g/mol. The summed E-state index contributed by atoms with van der Waals surface area (Å²) in [7, 11) is 0. The Balaban J connectivity index is 5.65. The van der Waals surface area contributed by atoms with Crippen molar-refractivity contribution in [1.82, 2.24) is 0 Å². The van der Waals surface area contributed by atoms with Crippen LogP contribution in [-0.4, -0.2) is 24.1 Å². The molecule has 0 aliphatic heterocycles. The first-order chi connectivity index (χ1) is 6.31. The Morgan fingerprint density at radius 3 is 0.933 bits per heavy atom. The minimum atomic E-state index is -7.11. The van der Waals surface area contributed by atoms with Crippen LogP contribution < -0.4 is 0 Å². The second-order valence-corrected chi connectivity index (χ2v) is 2.25. The maximum absolute atomic E-state index is 12.2. The van der Waals surface area contributed by atoms with Crippen molar-refractivity contribution in [1.29, 1.82) is 0 Å². The van der Waals surface area contributed by atoms with Gasteiger partial charge in [0.15, 0.2) is 0 Å². The van der Waals surface area contributed by atoms with E-state index in [1.807, 2.05) is 0 Å². The standard InChI is InChI=1S/C4F10O/c5-1(2(6,7)8,3(9,10)11)4(12,13)15-14. The number of hydrogen-bond acceptors (Lipinski definition) is 1. The fraction of sp³-hybridized carbons (Fsp3) is 1.00. The first-order valence-corrected chi connectivity index (χ1v) is 2.81. The highest BCUT2D eigenvalue weighted by Crippen LogP contribution is 2.54. The van der Waals surface area contributed by atoms with Crippen molar-refractivity contribution in [3.05, 3.63) is 0 Å². The van der Waals surface area contributed by atoms with E-state index in [-0.39, 0.29) is 0 Å². The molecule has 0 aromatic heterocycles. The Labute approximate surface area is 74.5 Å². The summed E-state index contributed by atoms with van der Waals surface area (Å²) < 4.78 is 115. The predicted octanol–water partition coefficient (Wildman–Crippen LogP) is 3.31. The van der Waals surface area contributed by atoms with Gasteiger partial charge < -0.3 is 0 Å². The van der Waals surface area contributed by atoms with Crippen molar-refractivity contribution in [3.63, 3.8) is 0 Å². The third-order valence-electron chi connectivity index (χ3n) is 1.28. The second-order valence-electron chi connectivity index (χ2n) is 2.25. The van der Waals surface area contributed by atoms with Crippen LogP contribution in [-0.2, 0) is 4.94 Å². The van der Waals surface area contributed by atoms with Gasteiger partial charge in [0, 0.05) is 0 Å². The summed E-state index contributed by atoms with van der Waals surface area (Å²) in [6.07, 6.45) is -20.9. The molecular weight excluding hydrogens is 254 g/mol. The van der Waals surface area contributed by atoms with Crippen LogP contribution in [0.15, 0.2) is 0 Å². The lowest BCUT2D eigenvalue weighted by atomic mass is 10.0. The lowest BCUT2D eigenvalue weighted by molar-refractivity contribution is -0.486. The molecule has 0 atom stereocenters. The highest BCUT2D eigenvalue weighted by atomic mass is 19.4. The molecule has 0 aliphatic rings. The summed E-state index contributed by atoms with van der Waals surface area (Å²) in [6.45, 7) is 0. The molecule has 15 heavy (non-hydrogen) atoms. The third kappa shape index (κ3) is 1.96. The number of halogens is 10. The third-order valence-corrected chi connectivity index (χ3v) is 1.28. The summed E-state index contributed by atoms with van der Waals surface area (Å²) >= 11 is 0. The van der Waals surface area contributed by atoms with Crippen LogP contribution in [0.5, 0.6) is 0 Å². The second kappa shape index (κ2) is 3.39. The molecule has 0 bridgehead atoms. The smallest absolute Gasteiger partial charge is 0.213 e. The van der Waals surface area contributed by atoms with Crippen molar-refractivity contribution in [2.45, 2.75) is 24.1 Å². The maximum atomic E-state index is 12.2. The van der Waals surface area contributed by atoms with Crippen LogP contribution >= 0.6 is 0 Å². The Kier molecular flexibility index (Phi) is 3.22. The minimum absolute atomic E-state index is 1.11. The van der Waals surface area contributed by atoms with Crippen molar-refractivity contribution in [2.24, 2.45) is 0 Å². The van der Waals surface area contributed by atoms with Crippen LogP contribution in [0.4, 0.5) is 44.0 Å². The first-order valence-electron chi connectivity index (χ1n) is 2.81. The van der Waals surface area contributed by atoms with Gasteiger partial charge in [0.1, 0.15) is 0 Å². The summed E-state index contributed by atoms with van der Waals surface area (Å²) in [6, 6.07) is 0. The van der Waals surface area contributed by atoms with Gasteiger partial charge in [-0.3, -0.25) is 0 Å². The SMILES string of the molecule is FOC(F)(F)C(F)(C(F)(F)F)C(F)(F)F. The quantitative estimate of drug-likeness (QED) is 0.687. The van der Waals surface area contributed by atoms with Gasteiger partial charge in [0.05, 0.1) is 0 Å². The van der Waals surface area contributed by atoms with Crippen molar-refractivity contribution in [2.75, 3.05) is 0 Å². The zero-order chi connectivity index (χ0) is 12.7. The zero-order valence-corrected chi connectivity index (χ0v) is 6.19. The van der Waals surface area contributed by atoms with E-state index in [4.69, 9.17) is 0 Å². The van der Waals surface area contributed by atoms with E-state index < -0.39 is 24.1 Å². The topological polar surface area (TPSA) is 9.23 Å². The monoisotopic (exact) mass is 254 g/mol. The molecule has 0 aromatic carbocycles. The normalized spacial score (nSPS) is 15.6. The molecule has 0 fully saturated rings. The van der Waals surface area contributed by atoms with Gasteiger partial charge in [-0.2, -0.15) is 35.1 Å². The van der Waals surface area contributed by atoms with Crippen LogP contribution in [0.2, 0.25) is 0 Å². The predicted molar refractivity (Wildman–Crippen MR) is 23.1 cm³/mol. The lowest BCUT2D eigenvalue weighted by Gasteiger charge is -2.32. The number of alkyl halides is 9. The van der Waals surface area contributed by atoms with E-state index in [0.717, 1.165) is 4.94 Å². The van der Waals surface area contributed by atoms with E-state index >= 15 is 0 Å². The fourth-order valence-electron chi connectivity index (χ4n) is 0.544. The Hall–Kier alpha value is -0.740. The molecule has 0 rings (SSSR count). The van der Waals surface area contributed by atoms with Crippen molar-refractivity contribution >= 4 is 0 Å². The van der Waals surface area contributed by atoms with Gasteiger partial charge >= 0.3 is 24.1 Å². The van der Waals surface area contributed by atoms with Crippen LogP contribution in [0.25, 0.3) is 0 Å². The molecule has 0 heterocycles. The van der Waals surface area contributed by atoms with Crippen LogP contribution in [0, 0.1) is 0 Å². The lowest BCUT2D eigenvalue weighted by Crippen LogP contribution is -2.64. The molecule has 0 aromatic rings. The molecule has 1 nitrogen and oxygen atoms in total. The molecule has 0 unspecified atom stereocenters. The summed E-state index contributed by atoms with van der Waals surface area (Å²) in [4.78, 5) is 1.11. The van der Waals surface area contributed by atoms with Gasteiger partial charge in [-0.1, -0.05) is 0 Å². The molecule has 0 aliphatic carbocycles. The fourth-order valence-corrected chi connectivity index (χ4v) is 0.544. The maximum Gasteiger partial charge on any atom is 0.440 e. The van der Waals surface area contributed by atoms with E-state index in [9.17, 15) is 44.0 Å². The number of hydrogen-bond donors (Lipinski definition) is 0. The van der Waals surface area contributed by atoms with Gasteiger partial charge in [-0.25, -0.2) is 4.39 Å². The first kappa shape index (κ1) is 14.3. The molecule has 0 N–H and O–H groups in total. The molecule has 0 amide bonds. The molecule has 0 saturated heterocycles. The molecule has 0 radical (unpaired) electrons. The molecule has 0 spiro atoms. The highest BCUT2D eigenvalue weighted by Gasteiger charge is 2.86.